The van der Waals surface area contributed by atoms with E-state index in [4.69, 9.17) is 10.6 Å². The van der Waals surface area contributed by atoms with Gasteiger partial charge in [-0.25, -0.2) is 5.43 Å². The van der Waals surface area contributed by atoms with Crippen molar-refractivity contribution in [1.29, 1.82) is 0 Å². The van der Waals surface area contributed by atoms with Gasteiger partial charge in [-0.05, 0) is 62.5 Å². The minimum Gasteiger partial charge on any atom is -0.494 e. The first-order chi connectivity index (χ1) is 9.15. The Labute approximate surface area is 133 Å². The molecule has 0 aliphatic heterocycles. The zero-order chi connectivity index (χ0) is 13.8. The van der Waals surface area contributed by atoms with Gasteiger partial charge in [-0.2, -0.15) is 0 Å². The molecule has 0 saturated carbocycles. The maximum atomic E-state index is 5.70. The molecule has 3 N–H and O–H groups in total. The molecule has 1 aromatic heterocycles. The van der Waals surface area contributed by atoms with Gasteiger partial charge in [0.25, 0.3) is 0 Å². The van der Waals surface area contributed by atoms with E-state index in [0.717, 1.165) is 24.4 Å². The molecule has 1 atom stereocenters. The van der Waals surface area contributed by atoms with E-state index >= 15 is 0 Å². The second kappa shape index (κ2) is 6.85. The topological polar surface area (TPSA) is 47.3 Å². The van der Waals surface area contributed by atoms with Crippen molar-refractivity contribution < 1.29 is 4.74 Å². The van der Waals surface area contributed by atoms with Crippen molar-refractivity contribution in [3.05, 3.63) is 49.0 Å². The highest BCUT2D eigenvalue weighted by molar-refractivity contribution is 9.12. The molecule has 6 heteroatoms. The van der Waals surface area contributed by atoms with Crippen LogP contribution in [0.4, 0.5) is 0 Å². The van der Waals surface area contributed by atoms with Crippen LogP contribution < -0.4 is 16.0 Å². The molecule has 0 radical (unpaired) electrons. The summed E-state index contributed by atoms with van der Waals surface area (Å²) >= 11 is 8.68. The third-order valence-corrected chi connectivity index (χ3v) is 5.07. The van der Waals surface area contributed by atoms with Crippen molar-refractivity contribution in [3.63, 3.8) is 0 Å². The number of ether oxygens (including phenoxy) is 1. The fourth-order valence-electron chi connectivity index (χ4n) is 1.84. The van der Waals surface area contributed by atoms with Crippen molar-refractivity contribution in [2.45, 2.75) is 13.0 Å². The van der Waals surface area contributed by atoms with Crippen molar-refractivity contribution >= 4 is 43.2 Å². The van der Waals surface area contributed by atoms with Gasteiger partial charge in [0.2, 0.25) is 0 Å². The summed E-state index contributed by atoms with van der Waals surface area (Å²) in [5, 5.41) is 0. The molecule has 1 heterocycles. The Balaban J connectivity index is 2.29. The first kappa shape index (κ1) is 15.0. The van der Waals surface area contributed by atoms with Crippen molar-refractivity contribution in [2.75, 3.05) is 6.61 Å². The van der Waals surface area contributed by atoms with E-state index in [1.165, 1.54) is 0 Å². The molecule has 2 rings (SSSR count). The Hall–Kier alpha value is -0.400. The summed E-state index contributed by atoms with van der Waals surface area (Å²) in [4.78, 5) is 0. The predicted octanol–water partition coefficient (Wildman–Crippen LogP) is 4.22. The highest BCUT2D eigenvalue weighted by Crippen LogP contribution is 2.37. The average molecular weight is 406 g/mol. The van der Waals surface area contributed by atoms with Crippen LogP contribution in [0.5, 0.6) is 5.75 Å². The molecule has 1 unspecified atom stereocenters. The lowest BCUT2D eigenvalue weighted by Gasteiger charge is -2.16. The fourth-order valence-corrected chi connectivity index (χ4v) is 4.74. The first-order valence-corrected chi connectivity index (χ1v) is 8.19. The van der Waals surface area contributed by atoms with Crippen LogP contribution in [0.2, 0.25) is 0 Å². The minimum absolute atomic E-state index is 0.0485. The predicted molar refractivity (Wildman–Crippen MR) is 86.5 cm³/mol. The molecular weight excluding hydrogens is 392 g/mol. The molecule has 2 aromatic rings. The van der Waals surface area contributed by atoms with Crippen LogP contribution in [0.3, 0.4) is 0 Å². The van der Waals surface area contributed by atoms with E-state index in [-0.39, 0.29) is 6.04 Å². The fraction of sp³-hybridized carbons (Fsp3) is 0.231. The van der Waals surface area contributed by atoms with Crippen molar-refractivity contribution in [3.8, 4) is 5.75 Å². The number of hydrogen-bond acceptors (Lipinski definition) is 4. The lowest BCUT2D eigenvalue weighted by molar-refractivity contribution is 0.340. The number of thiophene rings is 1. The van der Waals surface area contributed by atoms with Crippen LogP contribution in [0.1, 0.15) is 24.1 Å². The Morgan fingerprint density at radius 3 is 2.47 bits per heavy atom. The smallest absolute Gasteiger partial charge is 0.119 e. The number of benzene rings is 1. The van der Waals surface area contributed by atoms with Crippen molar-refractivity contribution in [2.24, 2.45) is 5.84 Å². The molecule has 0 spiro atoms. The van der Waals surface area contributed by atoms with E-state index < -0.39 is 0 Å². The van der Waals surface area contributed by atoms with Crippen LogP contribution in [-0.4, -0.2) is 6.61 Å². The van der Waals surface area contributed by atoms with Gasteiger partial charge in [-0.1, -0.05) is 12.1 Å². The van der Waals surface area contributed by atoms with Gasteiger partial charge in [-0.3, -0.25) is 5.84 Å². The highest BCUT2D eigenvalue weighted by Gasteiger charge is 2.17. The molecule has 0 bridgehead atoms. The largest absolute Gasteiger partial charge is 0.494 e. The third-order valence-electron chi connectivity index (χ3n) is 2.69. The summed E-state index contributed by atoms with van der Waals surface area (Å²) in [5.41, 5.74) is 5.06. The van der Waals surface area contributed by atoms with Crippen LogP contribution in [0.25, 0.3) is 0 Å². The van der Waals surface area contributed by atoms with Gasteiger partial charge < -0.3 is 4.74 Å². The Morgan fingerprint density at radius 1 is 1.32 bits per heavy atom. The molecule has 1 aromatic carbocycles. The zero-order valence-corrected chi connectivity index (χ0v) is 14.3. The molecule has 0 aliphatic carbocycles. The standard InChI is InChI=1S/C13H14Br2N2OS/c1-2-18-9-5-3-8(4-6-9)12(17-16)10-7-11(14)19-13(10)15/h3-7,12,17H,2,16H2,1H3. The average Bonchev–Trinajstić information content (AvgIpc) is 2.72. The quantitative estimate of drug-likeness (QED) is 0.578. The van der Waals surface area contributed by atoms with Gasteiger partial charge in [0, 0.05) is 5.56 Å². The monoisotopic (exact) mass is 404 g/mol. The van der Waals surface area contributed by atoms with E-state index in [1.54, 1.807) is 11.3 Å². The number of halogens is 2. The maximum absolute atomic E-state index is 5.70. The summed E-state index contributed by atoms with van der Waals surface area (Å²) < 4.78 is 7.58. The Bertz CT molecular complexity index is 542. The first-order valence-electron chi connectivity index (χ1n) is 5.79. The van der Waals surface area contributed by atoms with E-state index in [2.05, 4.69) is 43.4 Å². The van der Waals surface area contributed by atoms with Gasteiger partial charge in [0.1, 0.15) is 5.75 Å². The van der Waals surface area contributed by atoms with E-state index in [9.17, 15) is 0 Å². The molecule has 0 amide bonds. The van der Waals surface area contributed by atoms with E-state index in [0.29, 0.717) is 6.61 Å². The third kappa shape index (κ3) is 3.58. The second-order valence-electron chi connectivity index (χ2n) is 3.88. The van der Waals surface area contributed by atoms with Crippen LogP contribution in [-0.2, 0) is 0 Å². The molecule has 0 fully saturated rings. The zero-order valence-electron chi connectivity index (χ0n) is 10.3. The summed E-state index contributed by atoms with van der Waals surface area (Å²) in [5.74, 6) is 6.57. The van der Waals surface area contributed by atoms with Crippen LogP contribution in [0.15, 0.2) is 37.9 Å². The molecule has 0 aliphatic rings. The minimum atomic E-state index is -0.0485. The summed E-state index contributed by atoms with van der Waals surface area (Å²) in [7, 11) is 0. The lowest BCUT2D eigenvalue weighted by atomic mass is 10.0. The Kier molecular flexibility index (Phi) is 5.41. The number of hydrogen-bond donors (Lipinski definition) is 2. The molecule has 19 heavy (non-hydrogen) atoms. The summed E-state index contributed by atoms with van der Waals surface area (Å²) in [6, 6.07) is 9.97. The Morgan fingerprint density at radius 2 is 2.00 bits per heavy atom. The highest BCUT2D eigenvalue weighted by atomic mass is 79.9. The normalized spacial score (nSPS) is 12.4. The van der Waals surface area contributed by atoms with Gasteiger partial charge in [-0.15, -0.1) is 11.3 Å². The second-order valence-corrected chi connectivity index (χ2v) is 7.63. The SMILES string of the molecule is CCOc1ccc(C(NN)c2cc(Br)sc2Br)cc1. The summed E-state index contributed by atoms with van der Waals surface area (Å²) in [6.45, 7) is 2.64. The van der Waals surface area contributed by atoms with Gasteiger partial charge in [0.15, 0.2) is 0 Å². The lowest BCUT2D eigenvalue weighted by Crippen LogP contribution is -2.28. The number of hydrazine groups is 1. The molecular formula is C13H14Br2N2OS. The van der Waals surface area contributed by atoms with E-state index in [1.807, 2.05) is 31.2 Å². The molecule has 0 saturated heterocycles. The van der Waals surface area contributed by atoms with Crippen LogP contribution in [0, 0.1) is 0 Å². The molecule has 102 valence electrons. The van der Waals surface area contributed by atoms with Crippen molar-refractivity contribution in [1.82, 2.24) is 5.43 Å². The number of rotatable bonds is 5. The van der Waals surface area contributed by atoms with Gasteiger partial charge in [0.05, 0.1) is 20.2 Å². The van der Waals surface area contributed by atoms with Crippen LogP contribution >= 0.6 is 43.2 Å². The summed E-state index contributed by atoms with van der Waals surface area (Å²) in [6.07, 6.45) is 0. The van der Waals surface area contributed by atoms with Gasteiger partial charge >= 0.3 is 0 Å². The number of nitrogens with two attached hydrogens (primary N) is 1. The maximum Gasteiger partial charge on any atom is 0.119 e. The number of nitrogens with one attached hydrogen (secondary N) is 1. The molecule has 3 nitrogen and oxygen atoms in total.